The first-order valence-corrected chi connectivity index (χ1v) is 9.33. The Labute approximate surface area is 150 Å². The standard InChI is InChI=1S/C24H25N/c1-3-7-19(8-4-1)20-11-13-22(14-12-20)24(21-9-5-2-6-10-21)23-15-17-25-18-16-23/h1-14,23-25H,15-18H2. The zero-order chi connectivity index (χ0) is 16.9. The van der Waals surface area contributed by atoms with E-state index in [0.717, 1.165) is 13.1 Å². The van der Waals surface area contributed by atoms with Crippen molar-refractivity contribution >= 4 is 0 Å². The molecule has 3 aromatic carbocycles. The Morgan fingerprint density at radius 1 is 0.600 bits per heavy atom. The largest absolute Gasteiger partial charge is 0.317 e. The van der Waals surface area contributed by atoms with Gasteiger partial charge in [-0.3, -0.25) is 0 Å². The number of hydrogen-bond donors (Lipinski definition) is 1. The maximum Gasteiger partial charge on any atom is 0.0119 e. The van der Waals surface area contributed by atoms with Gasteiger partial charge in [-0.1, -0.05) is 84.9 Å². The van der Waals surface area contributed by atoms with Crippen molar-refractivity contribution in [2.24, 2.45) is 5.92 Å². The van der Waals surface area contributed by atoms with E-state index in [2.05, 4.69) is 90.2 Å². The van der Waals surface area contributed by atoms with Gasteiger partial charge in [0.05, 0.1) is 0 Å². The predicted octanol–water partition coefficient (Wildman–Crippen LogP) is 5.49. The van der Waals surface area contributed by atoms with Gasteiger partial charge in [0.15, 0.2) is 0 Å². The van der Waals surface area contributed by atoms with Gasteiger partial charge in [0.1, 0.15) is 0 Å². The van der Waals surface area contributed by atoms with E-state index in [-0.39, 0.29) is 0 Å². The topological polar surface area (TPSA) is 12.0 Å². The Hall–Kier alpha value is -2.38. The summed E-state index contributed by atoms with van der Waals surface area (Å²) in [5, 5.41) is 3.50. The molecule has 25 heavy (non-hydrogen) atoms. The average molecular weight is 327 g/mol. The third-order valence-electron chi connectivity index (χ3n) is 5.39. The Kier molecular flexibility index (Phi) is 4.94. The molecule has 0 aromatic heterocycles. The van der Waals surface area contributed by atoms with Crippen LogP contribution in [0.2, 0.25) is 0 Å². The van der Waals surface area contributed by atoms with Crippen LogP contribution in [0.1, 0.15) is 29.9 Å². The molecule has 0 radical (unpaired) electrons. The van der Waals surface area contributed by atoms with Crippen molar-refractivity contribution in [3.05, 3.63) is 96.1 Å². The van der Waals surface area contributed by atoms with Crippen molar-refractivity contribution in [3.8, 4) is 11.1 Å². The predicted molar refractivity (Wildman–Crippen MR) is 106 cm³/mol. The molecule has 0 amide bonds. The molecular weight excluding hydrogens is 302 g/mol. The van der Waals surface area contributed by atoms with Crippen LogP contribution in [-0.4, -0.2) is 13.1 Å². The van der Waals surface area contributed by atoms with E-state index in [0.29, 0.717) is 11.8 Å². The van der Waals surface area contributed by atoms with Crippen molar-refractivity contribution in [3.63, 3.8) is 0 Å². The van der Waals surface area contributed by atoms with Crippen LogP contribution in [0.5, 0.6) is 0 Å². The van der Waals surface area contributed by atoms with Gasteiger partial charge >= 0.3 is 0 Å². The van der Waals surface area contributed by atoms with Crippen LogP contribution in [-0.2, 0) is 0 Å². The number of hydrogen-bond acceptors (Lipinski definition) is 1. The minimum absolute atomic E-state index is 0.494. The maximum atomic E-state index is 3.50. The third-order valence-corrected chi connectivity index (χ3v) is 5.39. The van der Waals surface area contributed by atoms with Gasteiger partial charge in [-0.2, -0.15) is 0 Å². The molecule has 0 spiro atoms. The molecule has 3 aromatic rings. The van der Waals surface area contributed by atoms with Crippen LogP contribution < -0.4 is 5.32 Å². The lowest BCUT2D eigenvalue weighted by atomic mass is 9.76. The van der Waals surface area contributed by atoms with Crippen molar-refractivity contribution < 1.29 is 0 Å². The first-order valence-electron chi connectivity index (χ1n) is 9.33. The zero-order valence-electron chi connectivity index (χ0n) is 14.6. The highest BCUT2D eigenvalue weighted by atomic mass is 14.9. The molecule has 0 aliphatic carbocycles. The summed E-state index contributed by atoms with van der Waals surface area (Å²) < 4.78 is 0. The normalized spacial score (nSPS) is 16.5. The van der Waals surface area contributed by atoms with Gasteiger partial charge < -0.3 is 5.32 Å². The fourth-order valence-electron chi connectivity index (χ4n) is 4.09. The summed E-state index contributed by atoms with van der Waals surface area (Å²) >= 11 is 0. The zero-order valence-corrected chi connectivity index (χ0v) is 14.6. The van der Waals surface area contributed by atoms with Gasteiger partial charge in [-0.25, -0.2) is 0 Å². The monoisotopic (exact) mass is 327 g/mol. The van der Waals surface area contributed by atoms with Crippen LogP contribution in [0.15, 0.2) is 84.9 Å². The molecule has 1 fully saturated rings. The van der Waals surface area contributed by atoms with E-state index < -0.39 is 0 Å². The van der Waals surface area contributed by atoms with E-state index >= 15 is 0 Å². The van der Waals surface area contributed by atoms with Gasteiger partial charge in [-0.05, 0) is 54.1 Å². The molecule has 1 heterocycles. The molecular formula is C24H25N. The minimum Gasteiger partial charge on any atom is -0.317 e. The molecule has 4 rings (SSSR count). The van der Waals surface area contributed by atoms with E-state index in [9.17, 15) is 0 Å². The molecule has 1 saturated heterocycles. The van der Waals surface area contributed by atoms with Crippen molar-refractivity contribution in [2.45, 2.75) is 18.8 Å². The quantitative estimate of drug-likeness (QED) is 0.668. The molecule has 0 bridgehead atoms. The summed E-state index contributed by atoms with van der Waals surface area (Å²) in [5.74, 6) is 1.21. The lowest BCUT2D eigenvalue weighted by Crippen LogP contribution is -2.31. The number of rotatable bonds is 4. The number of piperidine rings is 1. The highest BCUT2D eigenvalue weighted by Crippen LogP contribution is 2.37. The fourth-order valence-corrected chi connectivity index (χ4v) is 4.09. The molecule has 1 heteroatoms. The van der Waals surface area contributed by atoms with Gasteiger partial charge in [-0.15, -0.1) is 0 Å². The van der Waals surface area contributed by atoms with Crippen LogP contribution >= 0.6 is 0 Å². The third kappa shape index (κ3) is 3.67. The van der Waals surface area contributed by atoms with E-state index in [1.807, 2.05) is 0 Å². The summed E-state index contributed by atoms with van der Waals surface area (Å²) in [6.45, 7) is 2.27. The summed E-state index contributed by atoms with van der Waals surface area (Å²) in [4.78, 5) is 0. The molecule has 1 unspecified atom stereocenters. The highest BCUT2D eigenvalue weighted by molar-refractivity contribution is 5.63. The lowest BCUT2D eigenvalue weighted by molar-refractivity contribution is 0.342. The Bertz CT molecular complexity index is 771. The summed E-state index contributed by atoms with van der Waals surface area (Å²) in [6, 6.07) is 30.9. The molecule has 1 nitrogen and oxygen atoms in total. The van der Waals surface area contributed by atoms with Crippen LogP contribution in [0.3, 0.4) is 0 Å². The first kappa shape index (κ1) is 16.1. The molecule has 1 aliphatic heterocycles. The second kappa shape index (κ2) is 7.67. The number of nitrogens with one attached hydrogen (secondary N) is 1. The minimum atomic E-state index is 0.494. The number of benzene rings is 3. The maximum absolute atomic E-state index is 3.50. The Morgan fingerprint density at radius 3 is 1.76 bits per heavy atom. The average Bonchev–Trinajstić information content (AvgIpc) is 2.71. The first-order chi connectivity index (χ1) is 12.4. The van der Waals surface area contributed by atoms with Crippen LogP contribution in [0.25, 0.3) is 11.1 Å². The van der Waals surface area contributed by atoms with Gasteiger partial charge in [0.25, 0.3) is 0 Å². The SMILES string of the molecule is c1ccc(-c2ccc(C(c3ccccc3)C3CCNCC3)cc2)cc1. The fraction of sp³-hybridized carbons (Fsp3) is 0.250. The highest BCUT2D eigenvalue weighted by Gasteiger charge is 2.26. The summed E-state index contributed by atoms with van der Waals surface area (Å²) in [6.07, 6.45) is 2.50. The van der Waals surface area contributed by atoms with Crippen molar-refractivity contribution in [1.82, 2.24) is 5.32 Å². The second-order valence-corrected chi connectivity index (χ2v) is 6.96. The van der Waals surface area contributed by atoms with E-state index in [4.69, 9.17) is 0 Å². The van der Waals surface area contributed by atoms with Gasteiger partial charge in [0, 0.05) is 5.92 Å². The Morgan fingerprint density at radius 2 is 1.12 bits per heavy atom. The van der Waals surface area contributed by atoms with Crippen molar-refractivity contribution in [1.29, 1.82) is 0 Å². The van der Waals surface area contributed by atoms with E-state index in [1.54, 1.807) is 0 Å². The smallest absolute Gasteiger partial charge is 0.0119 e. The van der Waals surface area contributed by atoms with Crippen LogP contribution in [0, 0.1) is 5.92 Å². The van der Waals surface area contributed by atoms with Gasteiger partial charge in [0.2, 0.25) is 0 Å². The Balaban J connectivity index is 1.67. The summed E-state index contributed by atoms with van der Waals surface area (Å²) in [5.41, 5.74) is 5.47. The van der Waals surface area contributed by atoms with Crippen molar-refractivity contribution in [2.75, 3.05) is 13.1 Å². The molecule has 1 aliphatic rings. The van der Waals surface area contributed by atoms with Crippen LogP contribution in [0.4, 0.5) is 0 Å². The second-order valence-electron chi connectivity index (χ2n) is 6.96. The molecule has 1 N–H and O–H groups in total. The van der Waals surface area contributed by atoms with E-state index in [1.165, 1.54) is 35.1 Å². The molecule has 1 atom stereocenters. The molecule has 126 valence electrons. The summed E-state index contributed by atoms with van der Waals surface area (Å²) in [7, 11) is 0. The molecule has 0 saturated carbocycles. The lowest BCUT2D eigenvalue weighted by Gasteiger charge is -2.31.